The van der Waals surface area contributed by atoms with Gasteiger partial charge in [0.2, 0.25) is 0 Å². The molecular formula is C23H29N5O2. The van der Waals surface area contributed by atoms with E-state index in [0.29, 0.717) is 11.9 Å². The molecule has 7 nitrogen and oxygen atoms in total. The van der Waals surface area contributed by atoms with E-state index in [1.165, 1.54) is 5.56 Å². The Morgan fingerprint density at radius 1 is 1.03 bits per heavy atom. The van der Waals surface area contributed by atoms with Gasteiger partial charge in [-0.3, -0.25) is 4.79 Å². The lowest BCUT2D eigenvalue weighted by molar-refractivity contribution is 0.268. The summed E-state index contributed by atoms with van der Waals surface area (Å²) < 4.78 is 8.67. The highest BCUT2D eigenvalue weighted by atomic mass is 16.5. The van der Waals surface area contributed by atoms with Gasteiger partial charge in [-0.2, -0.15) is 5.10 Å². The Hall–Kier alpha value is -2.93. The third kappa shape index (κ3) is 4.46. The summed E-state index contributed by atoms with van der Waals surface area (Å²) in [6.07, 6.45) is 3.93. The molecular weight excluding hydrogens is 378 g/mol. The Labute approximate surface area is 176 Å². The second-order valence-electron chi connectivity index (χ2n) is 8.05. The van der Waals surface area contributed by atoms with Gasteiger partial charge in [-0.15, -0.1) is 5.10 Å². The van der Waals surface area contributed by atoms with Gasteiger partial charge in [0.1, 0.15) is 5.75 Å². The number of aryl methyl sites for hydroxylation is 2. The van der Waals surface area contributed by atoms with Crippen molar-refractivity contribution in [2.45, 2.75) is 58.2 Å². The molecule has 2 aromatic heterocycles. The second kappa shape index (κ2) is 8.83. The van der Waals surface area contributed by atoms with Crippen molar-refractivity contribution in [1.82, 2.24) is 24.9 Å². The largest absolute Gasteiger partial charge is 0.497 e. The molecule has 1 aliphatic rings. The van der Waals surface area contributed by atoms with Gasteiger partial charge in [-0.1, -0.05) is 12.1 Å². The number of nitrogens with one attached hydrogen (secondary N) is 1. The lowest BCUT2D eigenvalue weighted by Crippen LogP contribution is -2.36. The average Bonchev–Trinajstić information content (AvgIpc) is 3.11. The van der Waals surface area contributed by atoms with E-state index in [1.807, 2.05) is 32.0 Å². The van der Waals surface area contributed by atoms with Gasteiger partial charge in [-0.25, -0.2) is 9.36 Å². The van der Waals surface area contributed by atoms with E-state index >= 15 is 0 Å². The van der Waals surface area contributed by atoms with Crippen molar-refractivity contribution in [2.75, 3.05) is 7.11 Å². The second-order valence-corrected chi connectivity index (χ2v) is 8.05. The van der Waals surface area contributed by atoms with Crippen LogP contribution in [-0.2, 0) is 6.54 Å². The van der Waals surface area contributed by atoms with Crippen molar-refractivity contribution in [3.8, 4) is 11.6 Å². The molecule has 7 heteroatoms. The lowest BCUT2D eigenvalue weighted by Gasteiger charge is -2.29. The van der Waals surface area contributed by atoms with Crippen LogP contribution < -0.4 is 15.6 Å². The summed E-state index contributed by atoms with van der Waals surface area (Å²) >= 11 is 0. The first-order valence-electron chi connectivity index (χ1n) is 10.5. The highest BCUT2D eigenvalue weighted by Gasteiger charge is 2.24. The van der Waals surface area contributed by atoms with Crippen molar-refractivity contribution in [3.05, 3.63) is 69.8 Å². The smallest absolute Gasteiger partial charge is 0.267 e. The van der Waals surface area contributed by atoms with Crippen molar-refractivity contribution in [1.29, 1.82) is 0 Å². The highest BCUT2D eigenvalue weighted by molar-refractivity contribution is 5.27. The zero-order chi connectivity index (χ0) is 21.1. The number of aromatic nitrogens is 4. The van der Waals surface area contributed by atoms with Gasteiger partial charge in [-0.05, 0) is 69.4 Å². The van der Waals surface area contributed by atoms with Gasteiger partial charge in [0.15, 0.2) is 5.82 Å². The van der Waals surface area contributed by atoms with Gasteiger partial charge in [0.05, 0.1) is 18.8 Å². The normalized spacial score (nSPS) is 19.0. The molecule has 4 rings (SSSR count). The highest BCUT2D eigenvalue weighted by Crippen LogP contribution is 2.27. The molecule has 1 saturated carbocycles. The zero-order valence-electron chi connectivity index (χ0n) is 17.8. The Morgan fingerprint density at radius 3 is 2.40 bits per heavy atom. The number of rotatable bonds is 6. The molecule has 0 unspecified atom stereocenters. The molecule has 3 aromatic rings. The van der Waals surface area contributed by atoms with Crippen LogP contribution in [0.4, 0.5) is 0 Å². The summed E-state index contributed by atoms with van der Waals surface area (Å²) in [5.74, 6) is 1.57. The van der Waals surface area contributed by atoms with E-state index in [0.717, 1.165) is 49.4 Å². The van der Waals surface area contributed by atoms with E-state index in [4.69, 9.17) is 4.74 Å². The van der Waals surface area contributed by atoms with Crippen molar-refractivity contribution in [3.63, 3.8) is 0 Å². The fourth-order valence-corrected chi connectivity index (χ4v) is 4.18. The number of benzene rings is 1. The Morgan fingerprint density at radius 2 is 1.77 bits per heavy atom. The van der Waals surface area contributed by atoms with Crippen LogP contribution in [0.5, 0.6) is 5.75 Å². The monoisotopic (exact) mass is 407 g/mol. The van der Waals surface area contributed by atoms with E-state index in [1.54, 1.807) is 28.6 Å². The average molecular weight is 408 g/mol. The van der Waals surface area contributed by atoms with Crippen LogP contribution in [0.3, 0.4) is 0 Å². The summed E-state index contributed by atoms with van der Waals surface area (Å²) in [6, 6.07) is 14.1. The van der Waals surface area contributed by atoms with Gasteiger partial charge in [0.25, 0.3) is 5.56 Å². The molecule has 0 atom stereocenters. The number of hydrogen-bond donors (Lipinski definition) is 1. The minimum Gasteiger partial charge on any atom is -0.497 e. The number of methoxy groups -OCH3 is 1. The standard InChI is InChI=1S/C23H29N5O2/c1-16-14-17(2)27(25-16)22-12-13-23(29)28(26-22)20-8-6-19(7-9-20)24-15-18-4-10-21(30-3)11-5-18/h4-5,10-14,19-20,24H,6-9,15H2,1-3H3. The van der Waals surface area contributed by atoms with Crippen LogP contribution in [0.15, 0.2) is 47.3 Å². The Kier molecular flexibility index (Phi) is 5.99. The molecule has 0 spiro atoms. The van der Waals surface area contributed by atoms with Crippen molar-refractivity contribution >= 4 is 0 Å². The molecule has 30 heavy (non-hydrogen) atoms. The first kappa shape index (κ1) is 20.3. The molecule has 0 amide bonds. The Balaban J connectivity index is 1.38. The minimum atomic E-state index is -0.0464. The molecule has 0 bridgehead atoms. The minimum absolute atomic E-state index is 0.0464. The predicted octanol–water partition coefficient (Wildman–Crippen LogP) is 3.33. The SMILES string of the molecule is COc1ccc(CNC2CCC(n3nc(-n4nc(C)cc4C)ccc3=O)CC2)cc1. The van der Waals surface area contributed by atoms with Gasteiger partial charge < -0.3 is 10.1 Å². The van der Waals surface area contributed by atoms with E-state index in [2.05, 4.69) is 27.6 Å². The molecule has 0 radical (unpaired) electrons. The predicted molar refractivity (Wildman–Crippen MR) is 116 cm³/mol. The molecule has 0 aliphatic heterocycles. The quantitative estimate of drug-likeness (QED) is 0.678. The molecule has 158 valence electrons. The maximum atomic E-state index is 12.5. The molecule has 1 aromatic carbocycles. The van der Waals surface area contributed by atoms with Crippen LogP contribution in [0, 0.1) is 13.8 Å². The molecule has 1 N–H and O–H groups in total. The van der Waals surface area contributed by atoms with E-state index in [-0.39, 0.29) is 11.6 Å². The van der Waals surface area contributed by atoms with Gasteiger partial charge >= 0.3 is 0 Å². The van der Waals surface area contributed by atoms with E-state index < -0.39 is 0 Å². The number of ether oxygens (including phenoxy) is 1. The maximum Gasteiger partial charge on any atom is 0.267 e. The van der Waals surface area contributed by atoms with Gasteiger partial charge in [0, 0.05) is 24.3 Å². The molecule has 0 saturated heterocycles. The lowest BCUT2D eigenvalue weighted by atomic mass is 9.91. The van der Waals surface area contributed by atoms with Crippen LogP contribution in [0.1, 0.15) is 48.7 Å². The third-order valence-electron chi connectivity index (χ3n) is 5.83. The molecule has 2 heterocycles. The fraction of sp³-hybridized carbons (Fsp3) is 0.435. The summed E-state index contributed by atoms with van der Waals surface area (Å²) in [7, 11) is 1.68. The van der Waals surface area contributed by atoms with Crippen molar-refractivity contribution in [2.24, 2.45) is 0 Å². The van der Waals surface area contributed by atoms with Crippen LogP contribution in [0.25, 0.3) is 5.82 Å². The topological polar surface area (TPSA) is 74.0 Å². The van der Waals surface area contributed by atoms with Crippen LogP contribution in [-0.4, -0.2) is 32.7 Å². The first-order valence-corrected chi connectivity index (χ1v) is 10.5. The first-order chi connectivity index (χ1) is 14.5. The molecule has 1 aliphatic carbocycles. The fourth-order valence-electron chi connectivity index (χ4n) is 4.18. The summed E-state index contributed by atoms with van der Waals surface area (Å²) in [6.45, 7) is 4.79. The molecule has 1 fully saturated rings. The Bertz CT molecular complexity index is 1050. The summed E-state index contributed by atoms with van der Waals surface area (Å²) in [5, 5.41) is 12.8. The number of nitrogens with zero attached hydrogens (tertiary/aromatic N) is 4. The van der Waals surface area contributed by atoms with Crippen LogP contribution in [0.2, 0.25) is 0 Å². The van der Waals surface area contributed by atoms with Crippen LogP contribution >= 0.6 is 0 Å². The van der Waals surface area contributed by atoms with E-state index in [9.17, 15) is 4.79 Å². The summed E-state index contributed by atoms with van der Waals surface area (Å²) in [4.78, 5) is 12.5. The summed E-state index contributed by atoms with van der Waals surface area (Å²) in [5.41, 5.74) is 3.15. The zero-order valence-corrected chi connectivity index (χ0v) is 17.8. The maximum absolute atomic E-state index is 12.5. The van der Waals surface area contributed by atoms with Crippen molar-refractivity contribution < 1.29 is 4.74 Å². The number of hydrogen-bond acceptors (Lipinski definition) is 5. The third-order valence-corrected chi connectivity index (χ3v) is 5.83.